The molecule has 0 spiro atoms. The molecule has 2 N–H and O–H groups in total. The van der Waals surface area contributed by atoms with Gasteiger partial charge in [0.1, 0.15) is 0 Å². The lowest BCUT2D eigenvalue weighted by atomic mass is 9.98. The van der Waals surface area contributed by atoms with E-state index in [0.717, 1.165) is 0 Å². The first kappa shape index (κ1) is 24.7. The largest absolute Gasteiger partial charge is 0.511 e. The number of aliphatic imine (C=N–C) groups is 1. The summed E-state index contributed by atoms with van der Waals surface area (Å²) in [4.78, 5) is 4.46. The van der Waals surface area contributed by atoms with Crippen LogP contribution in [0.3, 0.4) is 0 Å². The maximum Gasteiger partial charge on any atom is 0.511 e. The molecule has 1 heterocycles. The van der Waals surface area contributed by atoms with Gasteiger partial charge in [-0.1, -0.05) is 0 Å². The molecule has 150 valence electrons. The highest BCUT2D eigenvalue weighted by molar-refractivity contribution is 14.0. The first-order valence-electron chi connectivity index (χ1n) is 7.99. The zero-order chi connectivity index (χ0) is 18.6. The third-order valence-electron chi connectivity index (χ3n) is 3.55. The van der Waals surface area contributed by atoms with Crippen LogP contribution in [0.5, 0.6) is 0 Å². The highest BCUT2D eigenvalue weighted by atomic mass is 127. The number of nitrogens with one attached hydrogen (secondary N) is 2. The van der Waals surface area contributed by atoms with Crippen LogP contribution in [0.25, 0.3) is 0 Å². The number of hydrogen-bond acceptors (Lipinski definition) is 3. The van der Waals surface area contributed by atoms with Crippen molar-refractivity contribution in [1.29, 1.82) is 0 Å². The van der Waals surface area contributed by atoms with Crippen LogP contribution in [0, 0.1) is 5.92 Å². The molecule has 1 aliphatic heterocycles. The Bertz CT molecular complexity index is 539. The molecular formula is C14H28F3IN4O2S. The minimum atomic E-state index is -5.23. The van der Waals surface area contributed by atoms with E-state index in [1.54, 1.807) is 0 Å². The predicted octanol–water partition coefficient (Wildman–Crippen LogP) is 2.52. The van der Waals surface area contributed by atoms with Crippen LogP contribution in [-0.2, 0) is 10.0 Å². The van der Waals surface area contributed by atoms with Gasteiger partial charge in [-0.15, -0.1) is 24.0 Å². The number of halogens is 4. The monoisotopic (exact) mass is 500 g/mol. The molecule has 6 nitrogen and oxygen atoms in total. The average molecular weight is 500 g/mol. The molecule has 0 aliphatic carbocycles. The lowest BCUT2D eigenvalue weighted by Gasteiger charge is -2.31. The topological polar surface area (TPSA) is 73.8 Å². The Kier molecular flexibility index (Phi) is 9.47. The molecule has 25 heavy (non-hydrogen) atoms. The summed E-state index contributed by atoms with van der Waals surface area (Å²) in [7, 11) is -5.21. The summed E-state index contributed by atoms with van der Waals surface area (Å²) in [6.45, 7) is 8.85. The molecule has 0 unspecified atom stereocenters. The normalized spacial score (nSPS) is 18.6. The number of hydrogen-bond donors (Lipinski definition) is 2. The summed E-state index contributed by atoms with van der Waals surface area (Å²) in [6, 6.07) is 0. The number of rotatable bonds is 4. The minimum absolute atomic E-state index is 0. The summed E-state index contributed by atoms with van der Waals surface area (Å²) in [5, 5.41) is 6.35. The number of nitrogens with zero attached hydrogens (tertiary/aromatic N) is 2. The van der Waals surface area contributed by atoms with E-state index < -0.39 is 15.5 Å². The molecule has 1 rings (SSSR count). The van der Waals surface area contributed by atoms with Crippen molar-refractivity contribution < 1.29 is 21.6 Å². The number of guanidine groups is 1. The fourth-order valence-electron chi connectivity index (χ4n) is 2.36. The molecule has 0 radical (unpaired) electrons. The van der Waals surface area contributed by atoms with Gasteiger partial charge in [0.15, 0.2) is 5.96 Å². The van der Waals surface area contributed by atoms with Crippen LogP contribution in [0.4, 0.5) is 13.2 Å². The highest BCUT2D eigenvalue weighted by Crippen LogP contribution is 2.30. The van der Waals surface area contributed by atoms with E-state index in [-0.39, 0.29) is 48.5 Å². The fourth-order valence-corrected chi connectivity index (χ4v) is 3.35. The molecule has 0 saturated carbocycles. The van der Waals surface area contributed by atoms with Crippen LogP contribution in [0.1, 0.15) is 40.5 Å². The van der Waals surface area contributed by atoms with Crippen LogP contribution in [-0.4, -0.2) is 55.9 Å². The van der Waals surface area contributed by atoms with Crippen LogP contribution in [0.2, 0.25) is 0 Å². The van der Waals surface area contributed by atoms with Crippen LogP contribution < -0.4 is 10.6 Å². The molecule has 0 aromatic carbocycles. The van der Waals surface area contributed by atoms with Crippen molar-refractivity contribution in [1.82, 2.24) is 14.9 Å². The summed E-state index contributed by atoms with van der Waals surface area (Å²) in [6.07, 6.45) is 0.738. The quantitative estimate of drug-likeness (QED) is 0.354. The van der Waals surface area contributed by atoms with E-state index in [9.17, 15) is 21.6 Å². The van der Waals surface area contributed by atoms with Gasteiger partial charge in [-0.05, 0) is 46.5 Å². The van der Waals surface area contributed by atoms with Crippen molar-refractivity contribution in [3.05, 3.63) is 0 Å². The van der Waals surface area contributed by atoms with Gasteiger partial charge in [-0.25, -0.2) is 8.42 Å². The molecule has 1 aliphatic rings. The smallest absolute Gasteiger partial charge is 0.357 e. The number of sulfonamides is 1. The standard InChI is InChI=1S/C14H27F3N4O2S.HI/c1-5-18-12(20-13(2,3)4)19-10-11-6-8-21(9-7-11)24(22,23)14(15,16)17;/h11H,5-10H2,1-4H3,(H2,18,19,20);1H. The van der Waals surface area contributed by atoms with Crippen molar-refractivity contribution in [2.45, 2.75) is 51.6 Å². The highest BCUT2D eigenvalue weighted by Gasteiger charge is 2.50. The van der Waals surface area contributed by atoms with Crippen LogP contribution in [0.15, 0.2) is 4.99 Å². The molecular weight excluding hydrogens is 472 g/mol. The van der Waals surface area contributed by atoms with Crippen molar-refractivity contribution in [2.24, 2.45) is 10.9 Å². The van der Waals surface area contributed by atoms with Crippen molar-refractivity contribution >= 4 is 40.0 Å². The van der Waals surface area contributed by atoms with Gasteiger partial charge >= 0.3 is 15.5 Å². The van der Waals surface area contributed by atoms with E-state index in [1.165, 1.54) is 0 Å². The molecule has 1 saturated heterocycles. The maximum atomic E-state index is 12.5. The second-order valence-electron chi connectivity index (χ2n) is 6.89. The molecule has 0 bridgehead atoms. The van der Waals surface area contributed by atoms with Gasteiger partial charge in [0.2, 0.25) is 0 Å². The Morgan fingerprint density at radius 2 is 1.72 bits per heavy atom. The molecule has 0 atom stereocenters. The van der Waals surface area contributed by atoms with Crippen LogP contribution >= 0.6 is 24.0 Å². The van der Waals surface area contributed by atoms with Gasteiger partial charge in [0, 0.05) is 31.7 Å². The zero-order valence-corrected chi connectivity index (χ0v) is 18.1. The second kappa shape index (κ2) is 9.58. The Hall–Kier alpha value is -0.300. The van der Waals surface area contributed by atoms with E-state index in [1.807, 2.05) is 27.7 Å². The maximum absolute atomic E-state index is 12.5. The molecule has 11 heteroatoms. The first-order chi connectivity index (χ1) is 10.9. The summed E-state index contributed by atoms with van der Waals surface area (Å²) in [5.74, 6) is 0.718. The zero-order valence-electron chi connectivity index (χ0n) is 15.0. The van der Waals surface area contributed by atoms with E-state index in [2.05, 4.69) is 15.6 Å². The number of piperidine rings is 1. The Balaban J connectivity index is 0.00000576. The fraction of sp³-hybridized carbons (Fsp3) is 0.929. The van der Waals surface area contributed by atoms with Gasteiger partial charge < -0.3 is 10.6 Å². The van der Waals surface area contributed by atoms with E-state index in [4.69, 9.17) is 0 Å². The third kappa shape index (κ3) is 7.85. The predicted molar refractivity (Wildman–Crippen MR) is 104 cm³/mol. The third-order valence-corrected chi connectivity index (χ3v) is 5.18. The van der Waals surface area contributed by atoms with Gasteiger partial charge in [-0.3, -0.25) is 4.99 Å². The first-order valence-corrected chi connectivity index (χ1v) is 9.43. The Morgan fingerprint density at radius 3 is 2.12 bits per heavy atom. The Morgan fingerprint density at radius 1 is 1.20 bits per heavy atom. The molecule has 0 aromatic heterocycles. The van der Waals surface area contributed by atoms with Gasteiger partial charge in [0.25, 0.3) is 0 Å². The van der Waals surface area contributed by atoms with Gasteiger partial charge in [-0.2, -0.15) is 17.5 Å². The van der Waals surface area contributed by atoms with Crippen molar-refractivity contribution in [3.8, 4) is 0 Å². The number of alkyl halides is 3. The molecule has 0 aromatic rings. The summed E-state index contributed by atoms with van der Waals surface area (Å²) < 4.78 is 60.9. The summed E-state index contributed by atoms with van der Waals surface area (Å²) in [5.41, 5.74) is -5.39. The van der Waals surface area contributed by atoms with Gasteiger partial charge in [0.05, 0.1) is 0 Å². The summed E-state index contributed by atoms with van der Waals surface area (Å²) >= 11 is 0. The van der Waals surface area contributed by atoms with Crippen molar-refractivity contribution in [2.75, 3.05) is 26.2 Å². The molecule has 1 fully saturated rings. The van der Waals surface area contributed by atoms with E-state index >= 15 is 0 Å². The molecule has 0 amide bonds. The lowest BCUT2D eigenvalue weighted by Crippen LogP contribution is -2.48. The van der Waals surface area contributed by atoms with E-state index in [0.29, 0.717) is 36.2 Å². The Labute approximate surface area is 165 Å². The second-order valence-corrected chi connectivity index (χ2v) is 8.82. The lowest BCUT2D eigenvalue weighted by molar-refractivity contribution is -0.0496. The SMILES string of the molecule is CCNC(=NCC1CCN(S(=O)(=O)C(F)(F)F)CC1)NC(C)(C)C.I. The van der Waals surface area contributed by atoms with Crippen molar-refractivity contribution in [3.63, 3.8) is 0 Å². The minimum Gasteiger partial charge on any atom is -0.357 e. The average Bonchev–Trinajstić information content (AvgIpc) is 2.43.